The molecule has 0 unspecified atom stereocenters. The highest BCUT2D eigenvalue weighted by Crippen LogP contribution is 2.10. The first-order valence-corrected chi connectivity index (χ1v) is 4.88. The molecule has 0 saturated heterocycles. The van der Waals surface area contributed by atoms with Gasteiger partial charge in [-0.25, -0.2) is 0 Å². The van der Waals surface area contributed by atoms with Crippen LogP contribution in [-0.4, -0.2) is 16.4 Å². The van der Waals surface area contributed by atoms with Gasteiger partial charge in [-0.2, -0.15) is 0 Å². The molecule has 82 valence electrons. The third kappa shape index (κ3) is 4.56. The lowest BCUT2D eigenvalue weighted by Crippen LogP contribution is -2.36. The first-order chi connectivity index (χ1) is 6.87. The number of hydrogen-bond acceptors (Lipinski definition) is 3. The summed E-state index contributed by atoms with van der Waals surface area (Å²) in [6, 6.07) is 3.58. The minimum Gasteiger partial charge on any atom is -0.326 e. The van der Waals surface area contributed by atoms with Crippen LogP contribution >= 0.6 is 0 Å². The number of amides is 1. The van der Waals surface area contributed by atoms with Gasteiger partial charge in [-0.1, -0.05) is 0 Å². The van der Waals surface area contributed by atoms with E-state index in [1.807, 2.05) is 26.8 Å². The van der Waals surface area contributed by atoms with Crippen molar-refractivity contribution in [1.29, 1.82) is 0 Å². The van der Waals surface area contributed by atoms with Crippen molar-refractivity contribution >= 4 is 11.6 Å². The summed E-state index contributed by atoms with van der Waals surface area (Å²) in [5.74, 6) is -0.0758. The quantitative estimate of drug-likeness (QED) is 0.788. The molecule has 0 aliphatic rings. The fourth-order valence-electron chi connectivity index (χ4n) is 1.24. The van der Waals surface area contributed by atoms with Gasteiger partial charge < -0.3 is 11.1 Å². The SMILES string of the molecule is Cc1cc(NC(=O)CC(C)(C)N)ccn1. The predicted octanol–water partition coefficient (Wildman–Crippen LogP) is 1.46. The Bertz CT molecular complexity index is 355. The third-order valence-corrected chi connectivity index (χ3v) is 1.80. The molecule has 0 aliphatic carbocycles. The molecule has 1 aromatic rings. The van der Waals surface area contributed by atoms with Crippen molar-refractivity contribution in [2.75, 3.05) is 5.32 Å². The Morgan fingerprint density at radius 2 is 2.27 bits per heavy atom. The molecule has 0 aliphatic heterocycles. The normalized spacial score (nSPS) is 11.2. The van der Waals surface area contributed by atoms with Crippen LogP contribution < -0.4 is 11.1 Å². The zero-order valence-corrected chi connectivity index (χ0v) is 9.37. The number of aryl methyl sites for hydroxylation is 1. The molecule has 1 heterocycles. The van der Waals surface area contributed by atoms with Gasteiger partial charge in [0.25, 0.3) is 0 Å². The fourth-order valence-corrected chi connectivity index (χ4v) is 1.24. The number of carbonyl (C=O) groups is 1. The molecule has 0 radical (unpaired) electrons. The Morgan fingerprint density at radius 3 is 2.80 bits per heavy atom. The van der Waals surface area contributed by atoms with Crippen LogP contribution in [0.3, 0.4) is 0 Å². The number of nitrogens with one attached hydrogen (secondary N) is 1. The van der Waals surface area contributed by atoms with Crippen molar-refractivity contribution in [3.05, 3.63) is 24.0 Å². The Hall–Kier alpha value is -1.42. The zero-order chi connectivity index (χ0) is 11.5. The van der Waals surface area contributed by atoms with E-state index >= 15 is 0 Å². The van der Waals surface area contributed by atoms with Gasteiger partial charge in [0.15, 0.2) is 0 Å². The Morgan fingerprint density at radius 1 is 1.60 bits per heavy atom. The van der Waals surface area contributed by atoms with Gasteiger partial charge in [-0.15, -0.1) is 0 Å². The Kier molecular flexibility index (Phi) is 3.42. The number of nitrogens with two attached hydrogens (primary N) is 1. The maximum atomic E-state index is 11.5. The zero-order valence-electron chi connectivity index (χ0n) is 9.37. The first-order valence-electron chi connectivity index (χ1n) is 4.88. The summed E-state index contributed by atoms with van der Waals surface area (Å²) in [5, 5.41) is 2.78. The van der Waals surface area contributed by atoms with Gasteiger partial charge in [0.05, 0.1) is 0 Å². The molecule has 3 N–H and O–H groups in total. The number of nitrogens with zero attached hydrogens (tertiary/aromatic N) is 1. The van der Waals surface area contributed by atoms with Crippen LogP contribution in [0.2, 0.25) is 0 Å². The minimum absolute atomic E-state index is 0.0758. The van der Waals surface area contributed by atoms with Gasteiger partial charge in [0.2, 0.25) is 5.91 Å². The van der Waals surface area contributed by atoms with Gasteiger partial charge in [0, 0.05) is 29.5 Å². The van der Waals surface area contributed by atoms with Crippen LogP contribution in [0.15, 0.2) is 18.3 Å². The van der Waals surface area contributed by atoms with E-state index < -0.39 is 5.54 Å². The summed E-state index contributed by atoms with van der Waals surface area (Å²) in [4.78, 5) is 15.6. The molecule has 0 atom stereocenters. The highest BCUT2D eigenvalue weighted by atomic mass is 16.1. The second-order valence-electron chi connectivity index (χ2n) is 4.40. The van der Waals surface area contributed by atoms with Crippen molar-refractivity contribution in [3.8, 4) is 0 Å². The molecule has 15 heavy (non-hydrogen) atoms. The summed E-state index contributed by atoms with van der Waals surface area (Å²) >= 11 is 0. The van der Waals surface area contributed by atoms with Crippen LogP contribution in [0.5, 0.6) is 0 Å². The topological polar surface area (TPSA) is 68.0 Å². The highest BCUT2D eigenvalue weighted by Gasteiger charge is 2.16. The lowest BCUT2D eigenvalue weighted by molar-refractivity contribution is -0.117. The molecule has 0 saturated carbocycles. The highest BCUT2D eigenvalue weighted by molar-refractivity contribution is 5.91. The molecule has 0 spiro atoms. The van der Waals surface area contributed by atoms with E-state index in [4.69, 9.17) is 5.73 Å². The maximum Gasteiger partial charge on any atom is 0.226 e. The lowest BCUT2D eigenvalue weighted by Gasteiger charge is -2.17. The lowest BCUT2D eigenvalue weighted by atomic mass is 10.0. The second-order valence-corrected chi connectivity index (χ2v) is 4.40. The average Bonchev–Trinajstić information content (AvgIpc) is 1.99. The van der Waals surface area contributed by atoms with Gasteiger partial charge >= 0.3 is 0 Å². The molecule has 1 rings (SSSR count). The molecule has 0 aromatic carbocycles. The summed E-state index contributed by atoms with van der Waals surface area (Å²) in [5.41, 5.74) is 6.90. The maximum absolute atomic E-state index is 11.5. The molecule has 4 nitrogen and oxygen atoms in total. The van der Waals surface area contributed by atoms with Crippen molar-refractivity contribution in [3.63, 3.8) is 0 Å². The Balaban J connectivity index is 2.59. The molecular weight excluding hydrogens is 190 g/mol. The van der Waals surface area contributed by atoms with E-state index in [1.165, 1.54) is 0 Å². The van der Waals surface area contributed by atoms with Crippen molar-refractivity contribution < 1.29 is 4.79 Å². The average molecular weight is 207 g/mol. The summed E-state index contributed by atoms with van der Waals surface area (Å²) < 4.78 is 0. The van der Waals surface area contributed by atoms with Crippen LogP contribution in [0.4, 0.5) is 5.69 Å². The second kappa shape index (κ2) is 4.40. The van der Waals surface area contributed by atoms with E-state index in [0.29, 0.717) is 6.42 Å². The van der Waals surface area contributed by atoms with E-state index in [-0.39, 0.29) is 5.91 Å². The molecule has 0 bridgehead atoms. The summed E-state index contributed by atoms with van der Waals surface area (Å²) in [6.07, 6.45) is 1.97. The largest absolute Gasteiger partial charge is 0.326 e. The number of carbonyl (C=O) groups excluding carboxylic acids is 1. The molecule has 1 amide bonds. The van der Waals surface area contributed by atoms with Crippen LogP contribution in [0.1, 0.15) is 26.0 Å². The third-order valence-electron chi connectivity index (χ3n) is 1.80. The molecule has 0 fully saturated rings. The van der Waals surface area contributed by atoms with Crippen LogP contribution in [0, 0.1) is 6.92 Å². The molecular formula is C11H17N3O. The number of pyridine rings is 1. The van der Waals surface area contributed by atoms with Crippen molar-refractivity contribution in [1.82, 2.24) is 4.98 Å². The van der Waals surface area contributed by atoms with E-state index in [9.17, 15) is 4.79 Å². The number of rotatable bonds is 3. The minimum atomic E-state index is -0.480. The van der Waals surface area contributed by atoms with Crippen LogP contribution in [-0.2, 0) is 4.79 Å². The molecule has 1 aromatic heterocycles. The predicted molar refractivity (Wildman–Crippen MR) is 60.5 cm³/mol. The molecule has 4 heteroatoms. The van der Waals surface area contributed by atoms with Crippen molar-refractivity contribution in [2.45, 2.75) is 32.7 Å². The summed E-state index contributed by atoms with van der Waals surface area (Å²) in [6.45, 7) is 5.53. The standard InChI is InChI=1S/C11H17N3O/c1-8-6-9(4-5-13-8)14-10(15)7-11(2,3)12/h4-6H,7,12H2,1-3H3,(H,13,14,15). The van der Waals surface area contributed by atoms with Crippen LogP contribution in [0.25, 0.3) is 0 Å². The van der Waals surface area contributed by atoms with E-state index in [1.54, 1.807) is 12.3 Å². The van der Waals surface area contributed by atoms with Crippen molar-refractivity contribution in [2.24, 2.45) is 5.73 Å². The van der Waals surface area contributed by atoms with Gasteiger partial charge in [-0.3, -0.25) is 9.78 Å². The number of hydrogen-bond donors (Lipinski definition) is 2. The summed E-state index contributed by atoms with van der Waals surface area (Å²) in [7, 11) is 0. The first kappa shape index (κ1) is 11.7. The van der Waals surface area contributed by atoms with Gasteiger partial charge in [0.1, 0.15) is 0 Å². The Labute approximate surface area is 89.9 Å². The van der Waals surface area contributed by atoms with E-state index in [2.05, 4.69) is 10.3 Å². The number of aromatic nitrogens is 1. The van der Waals surface area contributed by atoms with E-state index in [0.717, 1.165) is 11.4 Å². The fraction of sp³-hybridized carbons (Fsp3) is 0.455. The smallest absolute Gasteiger partial charge is 0.226 e. The monoisotopic (exact) mass is 207 g/mol. The number of anilines is 1. The van der Waals surface area contributed by atoms with Gasteiger partial charge in [-0.05, 0) is 32.9 Å².